The molecule has 0 saturated carbocycles. The second-order valence-electron chi connectivity index (χ2n) is 12.2. The number of hydrogen-bond donors (Lipinski definition) is 6. The maximum atomic E-state index is 14.0. The Labute approximate surface area is 293 Å². The second-order valence-corrected chi connectivity index (χ2v) is 12.2. The number of carbonyl (C=O) groups excluding carboxylic acids is 4. The summed E-state index contributed by atoms with van der Waals surface area (Å²) >= 11 is 0. The van der Waals surface area contributed by atoms with Crippen LogP contribution in [0, 0.1) is 10.8 Å². The van der Waals surface area contributed by atoms with E-state index in [1.54, 1.807) is 5.32 Å². The molecule has 7 N–H and O–H groups in total. The van der Waals surface area contributed by atoms with Crippen LogP contribution in [0.1, 0.15) is 38.8 Å². The van der Waals surface area contributed by atoms with E-state index in [1.807, 2.05) is 5.32 Å². The minimum absolute atomic E-state index is 0.0204. The zero-order valence-electron chi connectivity index (χ0n) is 28.8. The number of nitrogens with one attached hydrogen (secondary N) is 4. The molecule has 0 aromatic heterocycles. The van der Waals surface area contributed by atoms with Gasteiger partial charge in [0.1, 0.15) is 12.1 Å². The largest absolute Gasteiger partial charge is 0.453 e. The number of amides is 4. The summed E-state index contributed by atoms with van der Waals surface area (Å²) in [5.41, 5.74) is 2.95. The maximum absolute atomic E-state index is 14.0. The summed E-state index contributed by atoms with van der Waals surface area (Å²) in [5.74, 6) is -2.82. The summed E-state index contributed by atoms with van der Waals surface area (Å²) in [6.07, 6.45) is -12.7. The van der Waals surface area contributed by atoms with Crippen molar-refractivity contribution in [3.63, 3.8) is 0 Å². The number of rotatable bonds is 16. The second kappa shape index (κ2) is 18.7. The van der Waals surface area contributed by atoms with Crippen LogP contribution in [0.4, 0.5) is 44.7 Å². The normalized spacial score (nSPS) is 14.8. The number of carbonyl (C=O) groups is 4. The van der Waals surface area contributed by atoms with Gasteiger partial charge in [0.15, 0.2) is 0 Å². The maximum Gasteiger partial charge on any atom is 0.407 e. The number of halogens is 8. The van der Waals surface area contributed by atoms with Gasteiger partial charge in [0.25, 0.3) is 5.91 Å². The van der Waals surface area contributed by atoms with Crippen LogP contribution < -0.4 is 27.1 Å². The predicted octanol–water partition coefficient (Wildman–Crippen LogP) is 3.22. The molecule has 1 aromatic carbocycles. The minimum Gasteiger partial charge on any atom is -0.453 e. The van der Waals surface area contributed by atoms with Gasteiger partial charge in [-0.15, -0.1) is 0 Å². The van der Waals surface area contributed by atoms with Gasteiger partial charge in [-0.1, -0.05) is 24.3 Å². The molecule has 1 rings (SSSR count). The summed E-state index contributed by atoms with van der Waals surface area (Å²) in [6.45, 7) is -2.30. The van der Waals surface area contributed by atoms with Crippen LogP contribution in [0.3, 0.4) is 0 Å². The molecule has 0 aliphatic heterocycles. The number of allylic oxidation sites excluding steroid dienone is 1. The number of hydrogen-bond acceptors (Lipinski definition) is 10. The molecule has 4 amide bonds. The number of ether oxygens (including phenoxy) is 2. The van der Waals surface area contributed by atoms with Crippen molar-refractivity contribution in [2.24, 2.45) is 21.6 Å². The Morgan fingerprint density at radius 2 is 1.33 bits per heavy atom. The van der Waals surface area contributed by atoms with Crippen molar-refractivity contribution < 1.29 is 68.9 Å². The smallest absolute Gasteiger partial charge is 0.407 e. The zero-order valence-corrected chi connectivity index (χ0v) is 28.8. The van der Waals surface area contributed by atoms with E-state index in [1.165, 1.54) is 24.3 Å². The molecule has 0 saturated heterocycles. The molecular weight excluding hydrogens is 722 g/mol. The van der Waals surface area contributed by atoms with Gasteiger partial charge >= 0.3 is 31.1 Å². The van der Waals surface area contributed by atoms with Gasteiger partial charge in [-0.05, 0) is 44.9 Å². The Kier molecular flexibility index (Phi) is 16.3. The van der Waals surface area contributed by atoms with Gasteiger partial charge in [0, 0.05) is 31.5 Å². The lowest BCUT2D eigenvalue weighted by Crippen LogP contribution is -2.62. The summed E-state index contributed by atoms with van der Waals surface area (Å²) in [5, 5.41) is 17.3. The molecule has 0 fully saturated rings. The highest BCUT2D eigenvalue weighted by Crippen LogP contribution is 2.41. The zero-order chi connectivity index (χ0) is 40.2. The van der Waals surface area contributed by atoms with E-state index in [2.05, 4.69) is 25.2 Å². The molecule has 0 radical (unpaired) electrons. The average Bonchev–Trinajstić information content (AvgIpc) is 3.03. The lowest BCUT2D eigenvalue weighted by molar-refractivity contribution is -0.221. The van der Waals surface area contributed by atoms with Crippen molar-refractivity contribution >= 4 is 35.9 Å². The molecule has 0 bridgehead atoms. The van der Waals surface area contributed by atoms with Gasteiger partial charge in [0.2, 0.25) is 5.91 Å². The van der Waals surface area contributed by atoms with Crippen LogP contribution >= 0.6 is 0 Å². The number of methoxy groups -OCH3 is 2. The Hall–Kier alpha value is -4.73. The quantitative estimate of drug-likeness (QED) is 0.0634. The Morgan fingerprint density at radius 3 is 1.75 bits per heavy atom. The van der Waals surface area contributed by atoms with Crippen LogP contribution in [0.5, 0.6) is 0 Å². The monoisotopic (exact) mass is 763 g/mol. The van der Waals surface area contributed by atoms with E-state index in [0.29, 0.717) is 38.8 Å². The molecule has 0 aliphatic carbocycles. The van der Waals surface area contributed by atoms with E-state index >= 15 is 0 Å². The fourth-order valence-electron chi connectivity index (χ4n) is 4.15. The number of nitrogens with zero attached hydrogens (tertiary/aromatic N) is 2. The number of aliphatic hydroxyl groups excluding tert-OH is 1. The third kappa shape index (κ3) is 13.1. The van der Waals surface area contributed by atoms with Gasteiger partial charge < -0.3 is 36.3 Å². The molecule has 52 heavy (non-hydrogen) atoms. The number of hydrazine groups is 1. The Bertz CT molecular complexity index is 1440. The van der Waals surface area contributed by atoms with Crippen molar-refractivity contribution in [1.82, 2.24) is 26.4 Å². The van der Waals surface area contributed by atoms with Crippen molar-refractivity contribution in [2.45, 2.75) is 71.3 Å². The fraction of sp³-hybridized carbons (Fsp3) is 0.567. The van der Waals surface area contributed by atoms with E-state index in [-0.39, 0.29) is 12.2 Å². The average molecular weight is 764 g/mol. The summed E-state index contributed by atoms with van der Waals surface area (Å²) in [6, 6.07) is 1.11. The standard InChI is InChI=1S/C30H41F8N7O7/c1-27(2,29(33,34)35)20(42-25(49)51-5)22(47)41-13-18(46)15-45(14-16-7-9-17(10-8-16)19(39)11-12-40-24(31)32)44-23(48)21(43-26(50)52-6)28(3,4)30(36,37)38/h7-12,18,20-21,24,46H,13-15,39H2,1-6H3,(H,41,47)(H,42,49)(H,43,50)(H,44,48)/t18-,20?,21-/m1/s1. The topological polar surface area (TPSA) is 197 Å². The number of nitrogens with two attached hydrogens (primary N) is 1. The van der Waals surface area contributed by atoms with Crippen LogP contribution in [0.2, 0.25) is 0 Å². The van der Waals surface area contributed by atoms with Crippen molar-refractivity contribution in [3.05, 3.63) is 41.5 Å². The van der Waals surface area contributed by atoms with Crippen LogP contribution in [-0.2, 0) is 25.6 Å². The number of alkyl carbamates (subject to hydrolysis) is 2. The third-order valence-electron chi connectivity index (χ3n) is 7.65. The first-order valence-electron chi connectivity index (χ1n) is 15.0. The van der Waals surface area contributed by atoms with Crippen molar-refractivity contribution in [3.8, 4) is 0 Å². The molecule has 0 aliphatic rings. The Morgan fingerprint density at radius 1 is 0.865 bits per heavy atom. The molecule has 1 unspecified atom stereocenters. The molecule has 3 atom stereocenters. The molecule has 0 spiro atoms. The van der Waals surface area contributed by atoms with Crippen LogP contribution in [0.25, 0.3) is 5.70 Å². The first-order chi connectivity index (χ1) is 23.8. The molecular formula is C30H41F8N7O7. The van der Waals surface area contributed by atoms with E-state index in [4.69, 9.17) is 5.73 Å². The number of alkyl halides is 8. The lowest BCUT2D eigenvalue weighted by atomic mass is 9.83. The van der Waals surface area contributed by atoms with Gasteiger partial charge in [-0.3, -0.25) is 15.0 Å². The molecule has 0 heterocycles. The first kappa shape index (κ1) is 45.3. The highest BCUT2D eigenvalue weighted by molar-refractivity contribution is 5.87. The van der Waals surface area contributed by atoms with Crippen molar-refractivity contribution in [2.75, 3.05) is 27.3 Å². The number of benzene rings is 1. The first-order valence-corrected chi connectivity index (χ1v) is 15.0. The molecule has 14 nitrogen and oxygen atoms in total. The SMILES string of the molecule is COC(=O)NC(C(=O)NC[C@@H](O)CN(Cc1ccc(C(N)=CC=NC(F)F)cc1)NC(=O)[C@@H](NC(=O)OC)C(C)(C)C(F)(F)F)C(C)(C)C(F)(F)F. The van der Waals surface area contributed by atoms with E-state index < -0.39 is 85.0 Å². The number of aliphatic hydroxyl groups is 1. The van der Waals surface area contributed by atoms with Crippen molar-refractivity contribution in [1.29, 1.82) is 0 Å². The van der Waals surface area contributed by atoms with Gasteiger partial charge in [0.05, 0.1) is 31.2 Å². The van der Waals surface area contributed by atoms with Crippen LogP contribution in [0.15, 0.2) is 35.3 Å². The minimum atomic E-state index is -5.05. The lowest BCUT2D eigenvalue weighted by Gasteiger charge is -2.37. The summed E-state index contributed by atoms with van der Waals surface area (Å²) in [7, 11) is 1.70. The molecule has 294 valence electrons. The summed E-state index contributed by atoms with van der Waals surface area (Å²) in [4.78, 5) is 52.7. The van der Waals surface area contributed by atoms with E-state index in [0.717, 1.165) is 31.5 Å². The van der Waals surface area contributed by atoms with Gasteiger partial charge in [-0.2, -0.15) is 35.1 Å². The van der Waals surface area contributed by atoms with Crippen LogP contribution in [-0.4, -0.2) is 105 Å². The van der Waals surface area contributed by atoms with Gasteiger partial charge in [-0.25, -0.2) is 19.6 Å². The fourth-order valence-corrected chi connectivity index (χ4v) is 4.15. The highest BCUT2D eigenvalue weighted by Gasteiger charge is 2.57. The molecule has 1 aromatic rings. The highest BCUT2D eigenvalue weighted by atomic mass is 19.4. The summed E-state index contributed by atoms with van der Waals surface area (Å²) < 4.78 is 116. The number of aliphatic imine (C=N–C) groups is 1. The molecule has 22 heteroatoms. The van der Waals surface area contributed by atoms with E-state index in [9.17, 15) is 59.4 Å². The third-order valence-corrected chi connectivity index (χ3v) is 7.65. The predicted molar refractivity (Wildman–Crippen MR) is 169 cm³/mol. The Balaban J connectivity index is 3.41.